The molecule has 0 saturated carbocycles. The van der Waals surface area contributed by atoms with E-state index in [-0.39, 0.29) is 22.6 Å². The Labute approximate surface area is 165 Å². The average Bonchev–Trinajstić information content (AvgIpc) is 2.66. The van der Waals surface area contributed by atoms with Crippen LogP contribution in [0.1, 0.15) is 21.5 Å². The molecule has 8 heteroatoms. The molecule has 150 valence electrons. The summed E-state index contributed by atoms with van der Waals surface area (Å²) in [6.07, 6.45) is 0. The minimum atomic E-state index is -3.68. The fraction of sp³-hybridized carbons (Fsp3) is 0.0952. The predicted octanol–water partition coefficient (Wildman–Crippen LogP) is 4.47. The Balaban J connectivity index is 1.78. The number of halogens is 3. The van der Waals surface area contributed by atoms with Crippen LogP contribution in [0.25, 0.3) is 0 Å². The smallest absolute Gasteiger partial charge is 0.255 e. The molecule has 1 N–H and O–H groups in total. The molecule has 0 unspecified atom stereocenters. The van der Waals surface area contributed by atoms with Gasteiger partial charge in [0, 0.05) is 22.9 Å². The van der Waals surface area contributed by atoms with Crippen molar-refractivity contribution in [3.63, 3.8) is 0 Å². The summed E-state index contributed by atoms with van der Waals surface area (Å²) < 4.78 is 65.2. The second kappa shape index (κ2) is 8.48. The highest BCUT2D eigenvalue weighted by atomic mass is 32.2. The Kier molecular flexibility index (Phi) is 6.03. The first-order valence-electron chi connectivity index (χ1n) is 8.53. The van der Waals surface area contributed by atoms with E-state index in [0.29, 0.717) is 5.56 Å². The van der Waals surface area contributed by atoms with Gasteiger partial charge in [-0.1, -0.05) is 30.3 Å². The van der Waals surface area contributed by atoms with Crippen LogP contribution in [0.15, 0.2) is 66.7 Å². The van der Waals surface area contributed by atoms with Gasteiger partial charge in [-0.05, 0) is 35.9 Å². The molecule has 1 amide bonds. The molecule has 3 rings (SSSR count). The Hall–Kier alpha value is -3.13. The van der Waals surface area contributed by atoms with Crippen LogP contribution in [0.4, 0.5) is 18.9 Å². The predicted molar refractivity (Wildman–Crippen MR) is 103 cm³/mol. The van der Waals surface area contributed by atoms with Crippen molar-refractivity contribution in [2.45, 2.75) is 11.5 Å². The van der Waals surface area contributed by atoms with Crippen LogP contribution >= 0.6 is 0 Å². The molecule has 0 aromatic heterocycles. The maximum atomic E-state index is 14.1. The van der Waals surface area contributed by atoms with Crippen molar-refractivity contribution >= 4 is 21.4 Å². The summed E-state index contributed by atoms with van der Waals surface area (Å²) in [6, 6.07) is 14.6. The molecular formula is C21H16F3NO3S. The van der Waals surface area contributed by atoms with Gasteiger partial charge < -0.3 is 5.32 Å². The molecule has 3 aromatic carbocycles. The zero-order chi connectivity index (χ0) is 21.0. The first-order valence-corrected chi connectivity index (χ1v) is 10.3. The second-order valence-electron chi connectivity index (χ2n) is 6.41. The van der Waals surface area contributed by atoms with Crippen LogP contribution in [0.3, 0.4) is 0 Å². The summed E-state index contributed by atoms with van der Waals surface area (Å²) in [7, 11) is -3.68. The number of carbonyl (C=O) groups excluding carboxylic acids is 1. The molecule has 0 fully saturated rings. The van der Waals surface area contributed by atoms with Crippen molar-refractivity contribution in [3.8, 4) is 0 Å². The monoisotopic (exact) mass is 419 g/mol. The van der Waals surface area contributed by atoms with E-state index in [1.165, 1.54) is 12.1 Å². The van der Waals surface area contributed by atoms with Gasteiger partial charge in [0.1, 0.15) is 5.82 Å². The lowest BCUT2D eigenvalue weighted by molar-refractivity contribution is 0.102. The quantitative estimate of drug-likeness (QED) is 0.641. The van der Waals surface area contributed by atoms with Crippen molar-refractivity contribution in [2.24, 2.45) is 0 Å². The third-order valence-electron chi connectivity index (χ3n) is 4.09. The van der Waals surface area contributed by atoms with Gasteiger partial charge in [0.05, 0.1) is 11.5 Å². The number of hydrogen-bond acceptors (Lipinski definition) is 3. The molecular weight excluding hydrogens is 403 g/mol. The molecule has 0 atom stereocenters. The number of sulfone groups is 1. The third-order valence-corrected chi connectivity index (χ3v) is 5.61. The molecule has 29 heavy (non-hydrogen) atoms. The Morgan fingerprint density at radius 1 is 0.793 bits per heavy atom. The fourth-order valence-corrected chi connectivity index (χ4v) is 4.22. The SMILES string of the molecule is O=C(Nc1ccc(F)c(F)c1)c1ccc(F)c(CS(=O)(=O)Cc2ccccc2)c1. The first kappa shape index (κ1) is 20.6. The zero-order valence-electron chi connectivity index (χ0n) is 15.0. The molecule has 0 aliphatic carbocycles. The lowest BCUT2D eigenvalue weighted by Gasteiger charge is -2.09. The molecule has 0 saturated heterocycles. The molecule has 0 bridgehead atoms. The minimum absolute atomic E-state index is 0.0106. The average molecular weight is 419 g/mol. The number of carbonyl (C=O) groups is 1. The van der Waals surface area contributed by atoms with Crippen LogP contribution < -0.4 is 5.32 Å². The third kappa shape index (κ3) is 5.45. The number of nitrogens with one attached hydrogen (secondary N) is 1. The lowest BCUT2D eigenvalue weighted by atomic mass is 10.1. The van der Waals surface area contributed by atoms with Crippen LogP contribution in [-0.2, 0) is 21.3 Å². The first-order chi connectivity index (χ1) is 13.7. The molecule has 0 aliphatic rings. The molecule has 0 heterocycles. The number of rotatable bonds is 6. The van der Waals surface area contributed by atoms with Crippen molar-refractivity contribution in [1.29, 1.82) is 0 Å². The fourth-order valence-electron chi connectivity index (χ4n) is 2.72. The van der Waals surface area contributed by atoms with Crippen molar-refractivity contribution in [2.75, 3.05) is 5.32 Å². The summed E-state index contributed by atoms with van der Waals surface area (Å²) >= 11 is 0. The summed E-state index contributed by atoms with van der Waals surface area (Å²) in [4.78, 5) is 12.3. The normalized spacial score (nSPS) is 11.3. The highest BCUT2D eigenvalue weighted by Crippen LogP contribution is 2.19. The van der Waals surface area contributed by atoms with Gasteiger partial charge in [0.15, 0.2) is 21.5 Å². The van der Waals surface area contributed by atoms with Gasteiger partial charge in [0.2, 0.25) is 0 Å². The van der Waals surface area contributed by atoms with Gasteiger partial charge in [0.25, 0.3) is 5.91 Å². The molecule has 4 nitrogen and oxygen atoms in total. The number of benzene rings is 3. The van der Waals surface area contributed by atoms with E-state index < -0.39 is 38.9 Å². The van der Waals surface area contributed by atoms with E-state index in [4.69, 9.17) is 0 Å². The Bertz CT molecular complexity index is 1150. The molecule has 0 aliphatic heterocycles. The molecule has 0 spiro atoms. The van der Waals surface area contributed by atoms with Crippen molar-refractivity contribution in [3.05, 3.63) is 101 Å². The Morgan fingerprint density at radius 3 is 2.17 bits per heavy atom. The van der Waals surface area contributed by atoms with E-state index in [0.717, 1.165) is 24.3 Å². The van der Waals surface area contributed by atoms with Crippen molar-refractivity contribution < 1.29 is 26.4 Å². The number of hydrogen-bond donors (Lipinski definition) is 1. The van der Waals surface area contributed by atoms with E-state index in [9.17, 15) is 26.4 Å². The highest BCUT2D eigenvalue weighted by Gasteiger charge is 2.18. The Morgan fingerprint density at radius 2 is 1.48 bits per heavy atom. The van der Waals surface area contributed by atoms with E-state index in [2.05, 4.69) is 5.32 Å². The number of anilines is 1. The standard InChI is InChI=1S/C21H16F3NO3S/c22-18-8-6-15(21(26)25-17-7-9-19(23)20(24)11-17)10-16(18)13-29(27,28)12-14-4-2-1-3-5-14/h1-11H,12-13H2,(H,25,26). The molecule has 3 aromatic rings. The minimum Gasteiger partial charge on any atom is -0.322 e. The van der Waals surface area contributed by atoms with Gasteiger partial charge in [-0.2, -0.15) is 0 Å². The van der Waals surface area contributed by atoms with Gasteiger partial charge in [-0.3, -0.25) is 4.79 Å². The summed E-state index contributed by atoms with van der Waals surface area (Å²) in [5, 5.41) is 2.36. The van der Waals surface area contributed by atoms with E-state index >= 15 is 0 Å². The maximum Gasteiger partial charge on any atom is 0.255 e. The largest absolute Gasteiger partial charge is 0.322 e. The number of amides is 1. The summed E-state index contributed by atoms with van der Waals surface area (Å²) in [5.41, 5.74) is 0.413. The van der Waals surface area contributed by atoms with Crippen LogP contribution in [0.5, 0.6) is 0 Å². The van der Waals surface area contributed by atoms with Crippen LogP contribution in [0.2, 0.25) is 0 Å². The maximum absolute atomic E-state index is 14.1. The molecule has 0 radical (unpaired) electrons. The lowest BCUT2D eigenvalue weighted by Crippen LogP contribution is -2.14. The van der Waals surface area contributed by atoms with E-state index in [1.54, 1.807) is 30.3 Å². The second-order valence-corrected chi connectivity index (χ2v) is 8.47. The topological polar surface area (TPSA) is 63.2 Å². The van der Waals surface area contributed by atoms with Gasteiger partial charge in [-0.15, -0.1) is 0 Å². The summed E-state index contributed by atoms with van der Waals surface area (Å²) in [5.74, 6) is -4.51. The zero-order valence-corrected chi connectivity index (χ0v) is 15.8. The summed E-state index contributed by atoms with van der Waals surface area (Å²) in [6.45, 7) is 0. The highest BCUT2D eigenvalue weighted by molar-refractivity contribution is 7.89. The van der Waals surface area contributed by atoms with Gasteiger partial charge >= 0.3 is 0 Å². The van der Waals surface area contributed by atoms with Crippen molar-refractivity contribution in [1.82, 2.24) is 0 Å². The van der Waals surface area contributed by atoms with E-state index in [1.807, 2.05) is 0 Å². The van der Waals surface area contributed by atoms with Gasteiger partial charge in [-0.25, -0.2) is 21.6 Å². The van der Waals surface area contributed by atoms with Crippen LogP contribution in [0, 0.1) is 17.5 Å². The van der Waals surface area contributed by atoms with Crippen LogP contribution in [-0.4, -0.2) is 14.3 Å².